The van der Waals surface area contributed by atoms with Crippen LogP contribution in [0.25, 0.3) is 0 Å². The molecule has 2 atom stereocenters. The van der Waals surface area contributed by atoms with Crippen LogP contribution in [0, 0.1) is 5.92 Å². The fourth-order valence-electron chi connectivity index (χ4n) is 1.79. The van der Waals surface area contributed by atoms with Gasteiger partial charge in [0.05, 0.1) is 0 Å². The molecule has 1 amide bonds. The highest BCUT2D eigenvalue weighted by Crippen LogP contribution is 2.28. The first kappa shape index (κ1) is 17.6. The highest BCUT2D eigenvalue weighted by atomic mass is 16.6. The molecule has 1 fully saturated rings. The van der Waals surface area contributed by atoms with E-state index in [0.29, 0.717) is 19.1 Å². The second kappa shape index (κ2) is 8.10. The number of carbonyl (C=O) groups excluding carboxylic acids is 1. The minimum absolute atomic E-state index is 0.372. The molecule has 0 saturated heterocycles. The van der Waals surface area contributed by atoms with Crippen LogP contribution in [0.15, 0.2) is 4.99 Å². The summed E-state index contributed by atoms with van der Waals surface area (Å²) >= 11 is 0. The summed E-state index contributed by atoms with van der Waals surface area (Å²) in [6, 6.07) is 0.558. The fourth-order valence-corrected chi connectivity index (χ4v) is 1.79. The number of amides is 1. The van der Waals surface area contributed by atoms with Gasteiger partial charge in [0.15, 0.2) is 5.96 Å². The molecule has 6 nitrogen and oxygen atoms in total. The monoisotopic (exact) mass is 298 g/mol. The van der Waals surface area contributed by atoms with Crippen LogP contribution in [0.3, 0.4) is 0 Å². The lowest BCUT2D eigenvalue weighted by atomic mass is 10.2. The Morgan fingerprint density at radius 3 is 2.52 bits per heavy atom. The van der Waals surface area contributed by atoms with E-state index in [9.17, 15) is 4.79 Å². The molecule has 122 valence electrons. The van der Waals surface area contributed by atoms with Crippen molar-refractivity contribution in [2.75, 3.05) is 19.6 Å². The van der Waals surface area contributed by atoms with Crippen LogP contribution in [0.5, 0.6) is 0 Å². The predicted octanol–water partition coefficient (Wildman–Crippen LogP) is 1.86. The van der Waals surface area contributed by atoms with E-state index in [-0.39, 0.29) is 6.09 Å². The summed E-state index contributed by atoms with van der Waals surface area (Å²) in [5.74, 6) is 1.60. The lowest BCUT2D eigenvalue weighted by Gasteiger charge is -2.19. The molecule has 0 aromatic rings. The maximum atomic E-state index is 11.5. The Morgan fingerprint density at radius 1 is 1.33 bits per heavy atom. The van der Waals surface area contributed by atoms with Gasteiger partial charge in [0, 0.05) is 25.7 Å². The summed E-state index contributed by atoms with van der Waals surface area (Å²) < 4.78 is 5.17. The smallest absolute Gasteiger partial charge is 0.407 e. The molecule has 6 heteroatoms. The Labute approximate surface area is 128 Å². The number of nitrogens with zero attached hydrogens (tertiary/aromatic N) is 1. The van der Waals surface area contributed by atoms with Crippen molar-refractivity contribution in [2.45, 2.75) is 59.1 Å². The number of hydrogen-bond donors (Lipinski definition) is 3. The van der Waals surface area contributed by atoms with E-state index in [1.165, 1.54) is 6.42 Å². The van der Waals surface area contributed by atoms with Gasteiger partial charge in [-0.05, 0) is 46.5 Å². The number of aliphatic imine (C=N–C) groups is 1. The number of rotatable bonds is 6. The van der Waals surface area contributed by atoms with Gasteiger partial charge < -0.3 is 20.7 Å². The van der Waals surface area contributed by atoms with Crippen LogP contribution < -0.4 is 16.0 Å². The molecule has 21 heavy (non-hydrogen) atoms. The van der Waals surface area contributed by atoms with Crippen molar-refractivity contribution in [1.29, 1.82) is 0 Å². The molecule has 3 N–H and O–H groups in total. The topological polar surface area (TPSA) is 74.8 Å². The molecule has 1 saturated carbocycles. The van der Waals surface area contributed by atoms with E-state index >= 15 is 0 Å². The van der Waals surface area contributed by atoms with Crippen molar-refractivity contribution in [3.63, 3.8) is 0 Å². The van der Waals surface area contributed by atoms with E-state index < -0.39 is 5.60 Å². The quantitative estimate of drug-likeness (QED) is 0.397. The van der Waals surface area contributed by atoms with E-state index in [1.807, 2.05) is 20.8 Å². The molecule has 0 heterocycles. The average Bonchev–Trinajstić information content (AvgIpc) is 3.02. The largest absolute Gasteiger partial charge is 0.444 e. The van der Waals surface area contributed by atoms with Crippen molar-refractivity contribution in [3.05, 3.63) is 0 Å². The number of hydrogen-bond acceptors (Lipinski definition) is 3. The fraction of sp³-hybridized carbons (Fsp3) is 0.867. The average molecular weight is 298 g/mol. The molecule has 0 bridgehead atoms. The van der Waals surface area contributed by atoms with Gasteiger partial charge in [-0.1, -0.05) is 6.92 Å². The molecule has 1 aliphatic carbocycles. The Kier molecular flexibility index (Phi) is 6.78. The summed E-state index contributed by atoms with van der Waals surface area (Å²) in [7, 11) is 0. The van der Waals surface area contributed by atoms with Crippen LogP contribution in [0.2, 0.25) is 0 Å². The molecule has 2 unspecified atom stereocenters. The number of carbonyl (C=O) groups is 1. The molecule has 0 radical (unpaired) electrons. The zero-order valence-electron chi connectivity index (χ0n) is 14.0. The van der Waals surface area contributed by atoms with Crippen molar-refractivity contribution in [3.8, 4) is 0 Å². The third-order valence-corrected chi connectivity index (χ3v) is 3.05. The molecular formula is C15H30N4O2. The van der Waals surface area contributed by atoms with Crippen LogP contribution in [-0.2, 0) is 4.74 Å². The lowest BCUT2D eigenvalue weighted by molar-refractivity contribution is 0.0527. The van der Waals surface area contributed by atoms with Crippen LogP contribution >= 0.6 is 0 Å². The van der Waals surface area contributed by atoms with Gasteiger partial charge >= 0.3 is 6.09 Å². The van der Waals surface area contributed by atoms with Gasteiger partial charge in [-0.15, -0.1) is 0 Å². The molecule has 1 aliphatic rings. The zero-order valence-corrected chi connectivity index (χ0v) is 14.0. The van der Waals surface area contributed by atoms with Crippen molar-refractivity contribution >= 4 is 12.1 Å². The third-order valence-electron chi connectivity index (χ3n) is 3.05. The Balaban J connectivity index is 2.17. The first-order valence-corrected chi connectivity index (χ1v) is 7.83. The van der Waals surface area contributed by atoms with Crippen LogP contribution in [0.1, 0.15) is 47.5 Å². The number of ether oxygens (including phenoxy) is 1. The third kappa shape index (κ3) is 8.42. The predicted molar refractivity (Wildman–Crippen MR) is 85.5 cm³/mol. The lowest BCUT2D eigenvalue weighted by Crippen LogP contribution is -2.39. The van der Waals surface area contributed by atoms with E-state index in [0.717, 1.165) is 24.8 Å². The maximum absolute atomic E-state index is 11.5. The van der Waals surface area contributed by atoms with Crippen molar-refractivity contribution in [2.24, 2.45) is 10.9 Å². The number of alkyl carbamates (subject to hydrolysis) is 1. The van der Waals surface area contributed by atoms with E-state index in [1.54, 1.807) is 0 Å². The number of nitrogens with one attached hydrogen (secondary N) is 3. The normalized spacial score (nSPS) is 21.7. The molecular weight excluding hydrogens is 268 g/mol. The van der Waals surface area contributed by atoms with E-state index in [2.05, 4.69) is 34.8 Å². The van der Waals surface area contributed by atoms with Gasteiger partial charge in [0.1, 0.15) is 5.60 Å². The highest BCUT2D eigenvalue weighted by Gasteiger charge is 2.33. The second-order valence-electron chi connectivity index (χ2n) is 6.51. The SMILES string of the molecule is CCNC(=NCCCNC(=O)OC(C)(C)C)NC1CC1C. The van der Waals surface area contributed by atoms with Crippen molar-refractivity contribution in [1.82, 2.24) is 16.0 Å². The highest BCUT2D eigenvalue weighted by molar-refractivity contribution is 5.80. The zero-order chi connectivity index (χ0) is 15.9. The molecule has 0 aromatic carbocycles. The Hall–Kier alpha value is -1.46. The van der Waals surface area contributed by atoms with Crippen molar-refractivity contribution < 1.29 is 9.53 Å². The standard InChI is InChI=1S/C15H30N4O2/c1-6-16-13(19-12-10-11(12)2)17-8-7-9-18-14(20)21-15(3,4)5/h11-12H,6-10H2,1-5H3,(H,18,20)(H2,16,17,19). The molecule has 1 rings (SSSR count). The molecule has 0 aromatic heterocycles. The maximum Gasteiger partial charge on any atom is 0.407 e. The Bertz CT molecular complexity index is 363. The van der Waals surface area contributed by atoms with Gasteiger partial charge in [0.2, 0.25) is 0 Å². The summed E-state index contributed by atoms with van der Waals surface area (Å²) in [6.07, 6.45) is 1.63. The molecule has 0 aliphatic heterocycles. The summed E-state index contributed by atoms with van der Waals surface area (Å²) in [4.78, 5) is 16.0. The minimum atomic E-state index is -0.453. The van der Waals surface area contributed by atoms with Gasteiger partial charge in [-0.2, -0.15) is 0 Å². The Morgan fingerprint density at radius 2 is 2.00 bits per heavy atom. The first-order chi connectivity index (χ1) is 9.81. The van der Waals surface area contributed by atoms with Crippen LogP contribution in [0.4, 0.5) is 4.79 Å². The summed E-state index contributed by atoms with van der Waals surface area (Å²) in [5, 5.41) is 9.37. The van der Waals surface area contributed by atoms with Gasteiger partial charge in [-0.25, -0.2) is 4.79 Å². The van der Waals surface area contributed by atoms with Gasteiger partial charge in [-0.3, -0.25) is 4.99 Å². The summed E-state index contributed by atoms with van der Waals surface area (Å²) in [5.41, 5.74) is -0.453. The number of guanidine groups is 1. The van der Waals surface area contributed by atoms with Crippen LogP contribution in [-0.4, -0.2) is 43.3 Å². The summed E-state index contributed by atoms with van der Waals surface area (Å²) in [6.45, 7) is 11.9. The second-order valence-corrected chi connectivity index (χ2v) is 6.51. The van der Waals surface area contributed by atoms with E-state index in [4.69, 9.17) is 4.74 Å². The molecule has 0 spiro atoms. The first-order valence-electron chi connectivity index (χ1n) is 7.83. The minimum Gasteiger partial charge on any atom is -0.444 e. The van der Waals surface area contributed by atoms with Gasteiger partial charge in [0.25, 0.3) is 0 Å².